The highest BCUT2D eigenvalue weighted by Gasteiger charge is 2.17. The molecule has 5 heteroatoms. The van der Waals surface area contributed by atoms with Gasteiger partial charge in [0, 0.05) is 17.3 Å². The van der Waals surface area contributed by atoms with Crippen molar-refractivity contribution < 1.29 is 14.3 Å². The highest BCUT2D eigenvalue weighted by molar-refractivity contribution is 6.06. The van der Waals surface area contributed by atoms with Crippen LogP contribution in [0.25, 0.3) is 10.9 Å². The molecular formula is C21H22N2O3. The van der Waals surface area contributed by atoms with Crippen LogP contribution in [0.1, 0.15) is 28.4 Å². The van der Waals surface area contributed by atoms with Crippen LogP contribution in [0.3, 0.4) is 0 Å². The van der Waals surface area contributed by atoms with Gasteiger partial charge in [0.2, 0.25) is 0 Å². The minimum absolute atomic E-state index is 0.304. The molecule has 2 aromatic carbocycles. The molecule has 1 heterocycles. The van der Waals surface area contributed by atoms with Crippen LogP contribution in [0.2, 0.25) is 0 Å². The minimum atomic E-state index is -0.406. The SMILES string of the molecule is CCOC(=O)c1cnc2ccc(OC)cc2c1Nc1ccc(C)c(C)c1. The summed E-state index contributed by atoms with van der Waals surface area (Å²) >= 11 is 0. The van der Waals surface area contributed by atoms with Crippen LogP contribution in [0.5, 0.6) is 5.75 Å². The number of rotatable bonds is 5. The summed E-state index contributed by atoms with van der Waals surface area (Å²) in [7, 11) is 1.61. The third-order valence-corrected chi connectivity index (χ3v) is 4.35. The van der Waals surface area contributed by atoms with Crippen molar-refractivity contribution in [1.29, 1.82) is 0 Å². The fraction of sp³-hybridized carbons (Fsp3) is 0.238. The zero-order valence-electron chi connectivity index (χ0n) is 15.4. The normalized spacial score (nSPS) is 10.6. The summed E-state index contributed by atoms with van der Waals surface area (Å²) < 4.78 is 10.5. The number of aromatic nitrogens is 1. The number of esters is 1. The van der Waals surface area contributed by atoms with Crippen molar-refractivity contribution in [2.75, 3.05) is 19.0 Å². The molecule has 0 atom stereocenters. The predicted molar refractivity (Wildman–Crippen MR) is 103 cm³/mol. The van der Waals surface area contributed by atoms with Crippen molar-refractivity contribution in [2.24, 2.45) is 0 Å². The van der Waals surface area contributed by atoms with E-state index in [0.29, 0.717) is 23.6 Å². The van der Waals surface area contributed by atoms with E-state index in [0.717, 1.165) is 16.6 Å². The molecule has 0 amide bonds. The molecule has 0 aliphatic heterocycles. The molecule has 0 saturated carbocycles. The third-order valence-electron chi connectivity index (χ3n) is 4.35. The Morgan fingerprint density at radius 3 is 2.62 bits per heavy atom. The Morgan fingerprint density at radius 2 is 1.92 bits per heavy atom. The average molecular weight is 350 g/mol. The number of hydrogen-bond donors (Lipinski definition) is 1. The van der Waals surface area contributed by atoms with E-state index in [2.05, 4.69) is 30.2 Å². The van der Waals surface area contributed by atoms with Gasteiger partial charge in [0.05, 0.1) is 24.9 Å². The van der Waals surface area contributed by atoms with E-state index >= 15 is 0 Å². The first-order valence-corrected chi connectivity index (χ1v) is 8.51. The van der Waals surface area contributed by atoms with Gasteiger partial charge in [-0.3, -0.25) is 4.98 Å². The Balaban J connectivity index is 2.18. The summed E-state index contributed by atoms with van der Waals surface area (Å²) in [6, 6.07) is 11.7. The molecule has 0 unspecified atom stereocenters. The van der Waals surface area contributed by atoms with E-state index < -0.39 is 5.97 Å². The fourth-order valence-electron chi connectivity index (χ4n) is 2.76. The second kappa shape index (κ2) is 7.44. The quantitative estimate of drug-likeness (QED) is 0.671. The molecule has 0 aliphatic rings. The van der Waals surface area contributed by atoms with E-state index in [-0.39, 0.29) is 0 Å². The lowest BCUT2D eigenvalue weighted by Gasteiger charge is -2.15. The van der Waals surface area contributed by atoms with Gasteiger partial charge >= 0.3 is 5.97 Å². The van der Waals surface area contributed by atoms with Gasteiger partial charge in [-0.25, -0.2) is 4.79 Å². The molecule has 0 saturated heterocycles. The number of fused-ring (bicyclic) bond motifs is 1. The van der Waals surface area contributed by atoms with Crippen LogP contribution in [-0.2, 0) is 4.74 Å². The van der Waals surface area contributed by atoms with Crippen molar-refractivity contribution in [3.05, 3.63) is 59.3 Å². The van der Waals surface area contributed by atoms with Gasteiger partial charge in [0.15, 0.2) is 0 Å². The van der Waals surface area contributed by atoms with E-state index in [1.807, 2.05) is 30.3 Å². The standard InChI is InChI=1S/C21H22N2O3/c1-5-26-21(24)18-12-22-19-9-8-16(25-4)11-17(19)20(18)23-15-7-6-13(2)14(3)10-15/h6-12H,5H2,1-4H3,(H,22,23). The predicted octanol–water partition coefficient (Wildman–Crippen LogP) is 4.78. The summed E-state index contributed by atoms with van der Waals surface area (Å²) in [5.74, 6) is 0.291. The van der Waals surface area contributed by atoms with Crippen molar-refractivity contribution in [2.45, 2.75) is 20.8 Å². The average Bonchev–Trinajstić information content (AvgIpc) is 2.64. The third kappa shape index (κ3) is 3.47. The minimum Gasteiger partial charge on any atom is -0.497 e. The van der Waals surface area contributed by atoms with Crippen LogP contribution in [-0.4, -0.2) is 24.7 Å². The maximum absolute atomic E-state index is 12.4. The first-order valence-electron chi connectivity index (χ1n) is 8.51. The lowest BCUT2D eigenvalue weighted by Crippen LogP contribution is -2.09. The van der Waals surface area contributed by atoms with Gasteiger partial charge in [0.25, 0.3) is 0 Å². The zero-order valence-corrected chi connectivity index (χ0v) is 15.4. The lowest BCUT2D eigenvalue weighted by molar-refractivity contribution is 0.0527. The second-order valence-electron chi connectivity index (χ2n) is 6.07. The number of nitrogens with zero attached hydrogens (tertiary/aromatic N) is 1. The topological polar surface area (TPSA) is 60.5 Å². The molecule has 3 rings (SSSR count). The van der Waals surface area contributed by atoms with Crippen LogP contribution >= 0.6 is 0 Å². The van der Waals surface area contributed by atoms with Gasteiger partial charge in [-0.1, -0.05) is 6.07 Å². The molecule has 1 aromatic heterocycles. The highest BCUT2D eigenvalue weighted by Crippen LogP contribution is 2.32. The van der Waals surface area contributed by atoms with Crippen LogP contribution < -0.4 is 10.1 Å². The first kappa shape index (κ1) is 17.7. The zero-order chi connectivity index (χ0) is 18.7. The summed E-state index contributed by atoms with van der Waals surface area (Å²) in [6.45, 7) is 6.21. The van der Waals surface area contributed by atoms with E-state index in [1.165, 1.54) is 11.1 Å². The fourth-order valence-corrected chi connectivity index (χ4v) is 2.76. The number of pyridine rings is 1. The molecule has 0 fully saturated rings. The molecule has 0 spiro atoms. The lowest BCUT2D eigenvalue weighted by atomic mass is 10.1. The Labute approximate surface area is 153 Å². The number of carbonyl (C=O) groups excluding carboxylic acids is 1. The molecule has 134 valence electrons. The number of aryl methyl sites for hydroxylation is 2. The van der Waals surface area contributed by atoms with E-state index in [1.54, 1.807) is 20.2 Å². The first-order chi connectivity index (χ1) is 12.5. The van der Waals surface area contributed by atoms with Crippen molar-refractivity contribution in [3.63, 3.8) is 0 Å². The number of methoxy groups -OCH3 is 1. The number of benzene rings is 2. The van der Waals surface area contributed by atoms with Gasteiger partial charge < -0.3 is 14.8 Å². The number of hydrogen-bond acceptors (Lipinski definition) is 5. The number of ether oxygens (including phenoxy) is 2. The molecule has 1 N–H and O–H groups in total. The number of anilines is 2. The number of carbonyl (C=O) groups is 1. The summed E-state index contributed by atoms with van der Waals surface area (Å²) in [4.78, 5) is 16.8. The monoisotopic (exact) mass is 350 g/mol. The maximum Gasteiger partial charge on any atom is 0.341 e. The smallest absolute Gasteiger partial charge is 0.341 e. The van der Waals surface area contributed by atoms with Crippen molar-refractivity contribution in [1.82, 2.24) is 4.98 Å². The molecule has 26 heavy (non-hydrogen) atoms. The van der Waals surface area contributed by atoms with E-state index in [9.17, 15) is 4.79 Å². The van der Waals surface area contributed by atoms with Gasteiger partial charge in [-0.2, -0.15) is 0 Å². The number of nitrogens with one attached hydrogen (secondary N) is 1. The Morgan fingerprint density at radius 1 is 1.12 bits per heavy atom. The Bertz CT molecular complexity index is 967. The molecule has 0 aliphatic carbocycles. The molecule has 0 bridgehead atoms. The van der Waals surface area contributed by atoms with Gasteiger partial charge in [0.1, 0.15) is 11.3 Å². The molecular weight excluding hydrogens is 328 g/mol. The van der Waals surface area contributed by atoms with Crippen LogP contribution in [0, 0.1) is 13.8 Å². The Kier molecular flexibility index (Phi) is 5.07. The second-order valence-corrected chi connectivity index (χ2v) is 6.07. The summed E-state index contributed by atoms with van der Waals surface area (Å²) in [5.41, 5.74) is 5.10. The summed E-state index contributed by atoms with van der Waals surface area (Å²) in [5, 5.41) is 4.18. The molecule has 3 aromatic rings. The van der Waals surface area contributed by atoms with E-state index in [4.69, 9.17) is 9.47 Å². The Hall–Kier alpha value is -3.08. The largest absolute Gasteiger partial charge is 0.497 e. The summed E-state index contributed by atoms with van der Waals surface area (Å²) in [6.07, 6.45) is 1.55. The highest BCUT2D eigenvalue weighted by atomic mass is 16.5. The molecule has 5 nitrogen and oxygen atoms in total. The molecule has 0 radical (unpaired) electrons. The van der Waals surface area contributed by atoms with Crippen LogP contribution in [0.15, 0.2) is 42.6 Å². The van der Waals surface area contributed by atoms with Crippen LogP contribution in [0.4, 0.5) is 11.4 Å². The van der Waals surface area contributed by atoms with Gasteiger partial charge in [-0.05, 0) is 62.2 Å². The van der Waals surface area contributed by atoms with Gasteiger partial charge in [-0.15, -0.1) is 0 Å². The van der Waals surface area contributed by atoms with Crippen molar-refractivity contribution in [3.8, 4) is 5.75 Å². The van der Waals surface area contributed by atoms with Crippen molar-refractivity contribution >= 4 is 28.2 Å². The maximum atomic E-state index is 12.4.